The Bertz CT molecular complexity index is 456. The first-order valence-corrected chi connectivity index (χ1v) is 6.37. The van der Waals surface area contributed by atoms with Crippen LogP contribution in [0, 0.1) is 0 Å². The third-order valence-corrected chi connectivity index (χ3v) is 2.71. The predicted octanol–water partition coefficient (Wildman–Crippen LogP) is 2.81. The van der Waals surface area contributed by atoms with Crippen LogP contribution in [-0.2, 0) is 10.3 Å². The summed E-state index contributed by atoms with van der Waals surface area (Å²) in [5.74, 6) is -0.268. The van der Waals surface area contributed by atoms with Crippen molar-refractivity contribution in [3.63, 3.8) is 0 Å². The van der Waals surface area contributed by atoms with Crippen LogP contribution in [0.5, 0.6) is 0 Å². The second-order valence-corrected chi connectivity index (χ2v) is 4.89. The van der Waals surface area contributed by atoms with Crippen molar-refractivity contribution in [1.82, 2.24) is 5.16 Å². The van der Waals surface area contributed by atoms with Crippen LogP contribution in [0.25, 0.3) is 0 Å². The molecule has 0 saturated carbocycles. The molecule has 1 heterocycles. The summed E-state index contributed by atoms with van der Waals surface area (Å²) in [7, 11) is 0. The molecule has 0 aromatic carbocycles. The van der Waals surface area contributed by atoms with Gasteiger partial charge in [0.25, 0.3) is 0 Å². The number of hydrogen-bond donors (Lipinski definition) is 1. The molecule has 0 amide bonds. The highest BCUT2D eigenvalue weighted by Crippen LogP contribution is 2.27. The highest BCUT2D eigenvalue weighted by atomic mass is 16.5. The standard InChI is InChI=1S/C14H21NO4/c1-5-18-13(16)11-9-12(19-15-11)14(4,17)8-6-7-10(2)3/h7,9,17H,5-6,8H2,1-4H3/t14-/m1/s1. The highest BCUT2D eigenvalue weighted by Gasteiger charge is 2.28. The molecule has 0 spiro atoms. The lowest BCUT2D eigenvalue weighted by Gasteiger charge is -2.18. The quantitative estimate of drug-likeness (QED) is 0.633. The Morgan fingerprint density at radius 1 is 1.58 bits per heavy atom. The molecule has 0 aliphatic heterocycles. The third-order valence-electron chi connectivity index (χ3n) is 2.71. The number of esters is 1. The van der Waals surface area contributed by atoms with Crippen LogP contribution < -0.4 is 0 Å². The number of hydrogen-bond acceptors (Lipinski definition) is 5. The molecule has 1 aromatic rings. The van der Waals surface area contributed by atoms with Crippen LogP contribution in [0.2, 0.25) is 0 Å². The van der Waals surface area contributed by atoms with Crippen LogP contribution in [0.15, 0.2) is 22.2 Å². The minimum absolute atomic E-state index is 0.0827. The number of allylic oxidation sites excluding steroid dienone is 2. The van der Waals surface area contributed by atoms with E-state index in [0.29, 0.717) is 6.42 Å². The number of nitrogens with zero attached hydrogens (tertiary/aromatic N) is 1. The van der Waals surface area contributed by atoms with E-state index in [-0.39, 0.29) is 18.1 Å². The van der Waals surface area contributed by atoms with E-state index < -0.39 is 11.6 Å². The fourth-order valence-electron chi connectivity index (χ4n) is 1.60. The van der Waals surface area contributed by atoms with Crippen molar-refractivity contribution in [3.05, 3.63) is 29.2 Å². The maximum atomic E-state index is 11.5. The zero-order valence-corrected chi connectivity index (χ0v) is 11.9. The molecule has 19 heavy (non-hydrogen) atoms. The third kappa shape index (κ3) is 4.52. The Morgan fingerprint density at radius 2 is 2.26 bits per heavy atom. The molecule has 0 aliphatic rings. The van der Waals surface area contributed by atoms with E-state index in [2.05, 4.69) is 5.16 Å². The maximum absolute atomic E-state index is 11.5. The molecule has 1 aromatic heterocycles. The Hall–Kier alpha value is -1.62. The summed E-state index contributed by atoms with van der Waals surface area (Å²) in [5, 5.41) is 13.9. The molecule has 0 radical (unpaired) electrons. The van der Waals surface area contributed by atoms with Crippen molar-refractivity contribution >= 4 is 5.97 Å². The van der Waals surface area contributed by atoms with Crippen LogP contribution >= 0.6 is 0 Å². The number of ether oxygens (including phenoxy) is 1. The van der Waals surface area contributed by atoms with E-state index in [1.165, 1.54) is 11.6 Å². The zero-order valence-electron chi connectivity index (χ0n) is 11.9. The first-order chi connectivity index (χ1) is 8.86. The van der Waals surface area contributed by atoms with Crippen LogP contribution in [0.3, 0.4) is 0 Å². The lowest BCUT2D eigenvalue weighted by Crippen LogP contribution is -2.20. The maximum Gasteiger partial charge on any atom is 0.360 e. The van der Waals surface area contributed by atoms with Gasteiger partial charge in [0, 0.05) is 6.07 Å². The summed E-state index contributed by atoms with van der Waals surface area (Å²) in [6.07, 6.45) is 3.26. The van der Waals surface area contributed by atoms with Gasteiger partial charge in [-0.2, -0.15) is 0 Å². The molecule has 0 fully saturated rings. The van der Waals surface area contributed by atoms with Crippen LogP contribution in [-0.4, -0.2) is 22.8 Å². The molecule has 5 heteroatoms. The van der Waals surface area contributed by atoms with Crippen molar-refractivity contribution in [3.8, 4) is 0 Å². The van der Waals surface area contributed by atoms with E-state index in [0.717, 1.165) is 6.42 Å². The number of rotatable bonds is 6. The Balaban J connectivity index is 2.73. The van der Waals surface area contributed by atoms with Crippen molar-refractivity contribution in [2.24, 2.45) is 0 Å². The molecule has 0 aliphatic carbocycles. The van der Waals surface area contributed by atoms with Crippen molar-refractivity contribution < 1.29 is 19.2 Å². The van der Waals surface area contributed by atoms with Gasteiger partial charge in [-0.3, -0.25) is 0 Å². The molecule has 0 unspecified atom stereocenters. The van der Waals surface area contributed by atoms with Crippen molar-refractivity contribution in [1.29, 1.82) is 0 Å². The Labute approximate surface area is 113 Å². The second-order valence-electron chi connectivity index (χ2n) is 4.89. The van der Waals surface area contributed by atoms with Gasteiger partial charge in [-0.15, -0.1) is 0 Å². The van der Waals surface area contributed by atoms with Gasteiger partial charge in [0.1, 0.15) is 5.60 Å². The first-order valence-electron chi connectivity index (χ1n) is 6.37. The summed E-state index contributed by atoms with van der Waals surface area (Å²) < 4.78 is 9.85. The summed E-state index contributed by atoms with van der Waals surface area (Å²) in [5.41, 5.74) is 0.129. The molecular weight excluding hydrogens is 246 g/mol. The monoisotopic (exact) mass is 267 g/mol. The highest BCUT2D eigenvalue weighted by molar-refractivity contribution is 5.87. The number of aromatic nitrogens is 1. The minimum atomic E-state index is -1.15. The van der Waals surface area contributed by atoms with E-state index in [4.69, 9.17) is 9.26 Å². The summed E-state index contributed by atoms with van der Waals surface area (Å²) in [6, 6.07) is 1.43. The van der Waals surface area contributed by atoms with E-state index >= 15 is 0 Å². The van der Waals surface area contributed by atoms with Gasteiger partial charge in [-0.1, -0.05) is 16.8 Å². The Morgan fingerprint density at radius 3 is 2.84 bits per heavy atom. The van der Waals surface area contributed by atoms with E-state index in [1.807, 2.05) is 19.9 Å². The largest absolute Gasteiger partial charge is 0.461 e. The molecule has 0 saturated heterocycles. The Kier molecular flexibility index (Phi) is 5.30. The summed E-state index contributed by atoms with van der Waals surface area (Å²) in [4.78, 5) is 11.5. The van der Waals surface area contributed by atoms with Gasteiger partial charge < -0.3 is 14.4 Å². The van der Waals surface area contributed by atoms with Gasteiger partial charge in [-0.05, 0) is 40.5 Å². The van der Waals surface area contributed by atoms with E-state index in [1.54, 1.807) is 13.8 Å². The number of carbonyl (C=O) groups excluding carboxylic acids is 1. The fraction of sp³-hybridized carbons (Fsp3) is 0.571. The van der Waals surface area contributed by atoms with Crippen LogP contribution in [0.1, 0.15) is 56.8 Å². The molecular formula is C14H21NO4. The van der Waals surface area contributed by atoms with Gasteiger partial charge in [0.15, 0.2) is 11.5 Å². The molecule has 1 atom stereocenters. The summed E-state index contributed by atoms with van der Waals surface area (Å²) >= 11 is 0. The van der Waals surface area contributed by atoms with Crippen molar-refractivity contribution in [2.75, 3.05) is 6.61 Å². The average Bonchev–Trinajstić information content (AvgIpc) is 2.78. The predicted molar refractivity (Wildman–Crippen MR) is 70.7 cm³/mol. The molecule has 5 nitrogen and oxygen atoms in total. The zero-order chi connectivity index (χ0) is 14.5. The SMILES string of the molecule is CCOC(=O)c1cc([C@](C)(O)CCC=C(C)C)on1. The molecule has 1 rings (SSSR count). The molecule has 1 N–H and O–H groups in total. The molecule has 106 valence electrons. The van der Waals surface area contributed by atoms with Gasteiger partial charge in [-0.25, -0.2) is 4.79 Å². The number of aliphatic hydroxyl groups is 1. The van der Waals surface area contributed by atoms with Crippen molar-refractivity contribution in [2.45, 2.75) is 46.1 Å². The van der Waals surface area contributed by atoms with Gasteiger partial charge >= 0.3 is 5.97 Å². The topological polar surface area (TPSA) is 72.6 Å². The first kappa shape index (κ1) is 15.4. The average molecular weight is 267 g/mol. The van der Waals surface area contributed by atoms with Gasteiger partial charge in [0.05, 0.1) is 6.61 Å². The fourth-order valence-corrected chi connectivity index (χ4v) is 1.60. The lowest BCUT2D eigenvalue weighted by atomic mass is 9.96. The molecule has 0 bridgehead atoms. The normalized spacial score (nSPS) is 13.7. The smallest absolute Gasteiger partial charge is 0.360 e. The van der Waals surface area contributed by atoms with Gasteiger partial charge in [0.2, 0.25) is 0 Å². The number of carbonyl (C=O) groups is 1. The summed E-state index contributed by atoms with van der Waals surface area (Å²) in [6.45, 7) is 7.64. The second kappa shape index (κ2) is 6.52. The van der Waals surface area contributed by atoms with Crippen LogP contribution in [0.4, 0.5) is 0 Å². The lowest BCUT2D eigenvalue weighted by molar-refractivity contribution is 0.0203. The minimum Gasteiger partial charge on any atom is -0.461 e. The van der Waals surface area contributed by atoms with E-state index in [9.17, 15) is 9.90 Å².